The van der Waals surface area contributed by atoms with Crippen molar-refractivity contribution in [2.75, 3.05) is 70.6 Å². The highest BCUT2D eigenvalue weighted by atomic mass is 16.5. The van der Waals surface area contributed by atoms with Crippen LogP contribution in [0.15, 0.2) is 90.3 Å². The first kappa shape index (κ1) is 46.7. The fraction of sp³-hybridized carbons (Fsp3) is 0.385. The van der Waals surface area contributed by atoms with Crippen molar-refractivity contribution in [1.82, 2.24) is 68.8 Å². The minimum absolute atomic E-state index is 0.171. The largest absolute Gasteiger partial charge is 0.463 e. The number of rotatable bonds is 6. The number of aromatic nitrogens is 12. The Bertz CT molecular complexity index is 3330. The molecule has 2 fully saturated rings. The van der Waals surface area contributed by atoms with Crippen LogP contribution in [0.2, 0.25) is 0 Å². The number of nitrogens with one attached hydrogen (secondary N) is 2. The van der Waals surface area contributed by atoms with E-state index in [1.54, 1.807) is 4.57 Å². The molecule has 0 spiro atoms. The van der Waals surface area contributed by atoms with Crippen LogP contribution < -0.4 is 31.9 Å². The monoisotopic (exact) mass is 972 g/mol. The Balaban J connectivity index is 0.000000156. The van der Waals surface area contributed by atoms with E-state index in [1.807, 2.05) is 30.1 Å². The molecule has 0 radical (unpaired) electrons. The van der Waals surface area contributed by atoms with Crippen molar-refractivity contribution in [3.63, 3.8) is 0 Å². The van der Waals surface area contributed by atoms with E-state index in [9.17, 15) is 4.79 Å². The van der Waals surface area contributed by atoms with Crippen molar-refractivity contribution in [2.45, 2.75) is 71.1 Å². The predicted octanol–water partition coefficient (Wildman–Crippen LogP) is 5.26. The SMILES string of the molecule is Cc1nc2c(N)nc3nc2n1Cc1ccc(-c2cnn(C4CCNCC4)c2)c(c1)C/C=C/CCO3.Nc1nc2nc3c1[nH]c(=O)n3Cc1ccc(-c3cnn(CCN4CCOCC4)c3)c(c1)C/C=C/CCO2. The van der Waals surface area contributed by atoms with E-state index in [0.29, 0.717) is 72.9 Å². The Hall–Kier alpha value is -7.68. The number of aromatic amines is 1. The number of nitrogens with two attached hydrogens (primary N) is 2. The first-order valence-corrected chi connectivity index (χ1v) is 24.9. The number of nitrogens with zero attached hydrogens (tertiary/aromatic N) is 12. The molecule has 20 heteroatoms. The number of benzene rings is 2. The standard InChI is InChI=1S/C26H30N8O3.C26H30N8O/c27-23-22-24-31-25(30-23)37-11-3-1-2-4-19-14-18(16-34(24)26(35)29-22)5-6-21(19)20-15-28-33(17-20)8-7-32-9-12-36-13-10-32;1-17-30-23-24(27)31-26-32-25(23)33(17)15-18-6-7-22(19(13-18)5-3-2-4-12-35-26)20-14-29-34(16-20)21-8-10-28-11-9-21/h1-2,5-6,14-15,17H,3-4,7-13,16H2,(H,29,35)(H2,27,30,31);2-3,6-7,13-14,16,21,28H,4-5,8-12,15H2,1H3,(H2,27,31,32)/b2-1+;3-2+. The highest BCUT2D eigenvalue weighted by molar-refractivity contribution is 5.83. The van der Waals surface area contributed by atoms with Crippen LogP contribution >= 0.6 is 0 Å². The molecule has 8 aromatic rings. The predicted molar refractivity (Wildman–Crippen MR) is 275 cm³/mol. The molecule has 0 amide bonds. The zero-order valence-corrected chi connectivity index (χ0v) is 40.5. The zero-order chi connectivity index (χ0) is 49.0. The molecule has 0 aliphatic carbocycles. The molecule has 10 heterocycles. The van der Waals surface area contributed by atoms with Crippen LogP contribution in [0.25, 0.3) is 44.6 Å². The zero-order valence-electron chi connectivity index (χ0n) is 40.5. The Morgan fingerprint density at radius 2 is 1.33 bits per heavy atom. The summed E-state index contributed by atoms with van der Waals surface area (Å²) in [7, 11) is 0. The lowest BCUT2D eigenvalue weighted by Gasteiger charge is -2.26. The summed E-state index contributed by atoms with van der Waals surface area (Å²) in [5, 5.41) is 12.8. The van der Waals surface area contributed by atoms with E-state index in [4.69, 9.17) is 30.8 Å². The molecule has 372 valence electrons. The van der Waals surface area contributed by atoms with Gasteiger partial charge in [-0.15, -0.1) is 0 Å². The van der Waals surface area contributed by atoms with Gasteiger partial charge in [-0.1, -0.05) is 60.7 Å². The van der Waals surface area contributed by atoms with Gasteiger partial charge in [-0.05, 0) is 91.9 Å². The van der Waals surface area contributed by atoms with Crippen molar-refractivity contribution in [3.05, 3.63) is 124 Å². The fourth-order valence-electron chi connectivity index (χ4n) is 9.90. The highest BCUT2D eigenvalue weighted by Gasteiger charge is 2.21. The second-order valence-electron chi connectivity index (χ2n) is 18.7. The van der Waals surface area contributed by atoms with Crippen molar-refractivity contribution < 1.29 is 14.2 Å². The van der Waals surface area contributed by atoms with Crippen molar-refractivity contribution >= 4 is 34.0 Å². The Kier molecular flexibility index (Phi) is 13.6. The Morgan fingerprint density at radius 3 is 2.04 bits per heavy atom. The summed E-state index contributed by atoms with van der Waals surface area (Å²) in [4.78, 5) is 40.1. The van der Waals surface area contributed by atoms with Gasteiger partial charge in [0, 0.05) is 43.2 Å². The quantitative estimate of drug-likeness (QED) is 0.156. The molecule has 2 saturated heterocycles. The Labute approximate surface area is 415 Å². The number of piperidine rings is 1. The molecule has 12 rings (SSSR count). The summed E-state index contributed by atoms with van der Waals surface area (Å²) in [5.74, 6) is 1.38. The van der Waals surface area contributed by atoms with Gasteiger partial charge in [0.05, 0.1) is 64.5 Å². The van der Waals surface area contributed by atoms with Crippen LogP contribution in [-0.2, 0) is 37.2 Å². The maximum atomic E-state index is 12.8. The highest BCUT2D eigenvalue weighted by Crippen LogP contribution is 2.31. The summed E-state index contributed by atoms with van der Waals surface area (Å²) in [6, 6.07) is 14.0. The first-order chi connectivity index (χ1) is 35.3. The summed E-state index contributed by atoms with van der Waals surface area (Å²) in [5.41, 5.74) is 23.4. The molecule has 8 bridgehead atoms. The second kappa shape index (κ2) is 21.0. The number of morpholine rings is 1. The molecule has 20 nitrogen and oxygen atoms in total. The summed E-state index contributed by atoms with van der Waals surface area (Å²) in [6.07, 6.45) is 22.2. The van der Waals surface area contributed by atoms with Crippen molar-refractivity contribution in [2.24, 2.45) is 0 Å². The topological polar surface area (TPSA) is 238 Å². The maximum Gasteiger partial charge on any atom is 0.328 e. The smallest absolute Gasteiger partial charge is 0.328 e. The fourth-order valence-corrected chi connectivity index (χ4v) is 9.90. The molecule has 4 aliphatic heterocycles. The maximum absolute atomic E-state index is 12.8. The molecular formula is C52H60N16O4. The number of H-pyrrole nitrogens is 1. The number of hydrogen-bond donors (Lipinski definition) is 4. The average molecular weight is 973 g/mol. The molecule has 0 unspecified atom stereocenters. The lowest BCUT2D eigenvalue weighted by Crippen LogP contribution is -2.38. The van der Waals surface area contributed by atoms with Gasteiger partial charge in [-0.2, -0.15) is 30.1 Å². The third-order valence-corrected chi connectivity index (χ3v) is 13.8. The summed E-state index contributed by atoms with van der Waals surface area (Å²) in [6.45, 7) is 11.3. The van der Waals surface area contributed by atoms with E-state index in [2.05, 4.69) is 121 Å². The second-order valence-corrected chi connectivity index (χ2v) is 18.7. The first-order valence-electron chi connectivity index (χ1n) is 24.9. The molecule has 0 atom stereocenters. The number of fused-ring (bicyclic) bond motifs is 6. The summed E-state index contributed by atoms with van der Waals surface area (Å²) < 4.78 is 24.8. The third kappa shape index (κ3) is 10.2. The van der Waals surface area contributed by atoms with E-state index in [-0.39, 0.29) is 17.5 Å². The van der Waals surface area contributed by atoms with E-state index in [1.165, 1.54) is 22.3 Å². The number of hydrogen-bond acceptors (Lipinski definition) is 15. The van der Waals surface area contributed by atoms with Crippen LogP contribution in [0, 0.1) is 6.92 Å². The number of imidazole rings is 2. The van der Waals surface area contributed by atoms with Crippen molar-refractivity contribution in [1.29, 1.82) is 0 Å². The number of nitrogen functional groups attached to an aromatic ring is 2. The molecule has 6 N–H and O–H groups in total. The normalized spacial score (nSPS) is 17.7. The van der Waals surface area contributed by atoms with Crippen LogP contribution in [-0.4, -0.2) is 123 Å². The van der Waals surface area contributed by atoms with Gasteiger partial charge >= 0.3 is 17.7 Å². The molecule has 4 aliphatic rings. The van der Waals surface area contributed by atoms with Gasteiger partial charge in [0.1, 0.15) is 11.3 Å². The third-order valence-electron chi connectivity index (χ3n) is 13.8. The van der Waals surface area contributed by atoms with E-state index >= 15 is 0 Å². The van der Waals surface area contributed by atoms with Gasteiger partial charge in [-0.25, -0.2) is 9.78 Å². The Morgan fingerprint density at radius 1 is 0.694 bits per heavy atom. The van der Waals surface area contributed by atoms with Crippen LogP contribution in [0.1, 0.15) is 59.8 Å². The van der Waals surface area contributed by atoms with Crippen molar-refractivity contribution in [3.8, 4) is 34.3 Å². The minimum Gasteiger partial charge on any atom is -0.463 e. The van der Waals surface area contributed by atoms with Crippen LogP contribution in [0.4, 0.5) is 11.6 Å². The minimum atomic E-state index is -0.285. The molecule has 0 saturated carbocycles. The van der Waals surface area contributed by atoms with E-state index in [0.717, 1.165) is 113 Å². The lowest BCUT2D eigenvalue weighted by atomic mass is 9.97. The number of anilines is 2. The van der Waals surface area contributed by atoms with Gasteiger partial charge in [0.2, 0.25) is 0 Å². The van der Waals surface area contributed by atoms with E-state index < -0.39 is 0 Å². The average Bonchev–Trinajstić information content (AvgIpc) is 4.21. The number of allylic oxidation sites excluding steroid dienone is 2. The number of ether oxygens (including phenoxy) is 3. The van der Waals surface area contributed by atoms with Gasteiger partial charge < -0.3 is 40.5 Å². The number of aryl methyl sites for hydroxylation is 1. The van der Waals surface area contributed by atoms with Gasteiger partial charge in [-0.3, -0.25) is 18.8 Å². The molecular weight excluding hydrogens is 913 g/mol. The van der Waals surface area contributed by atoms with Gasteiger partial charge in [0.25, 0.3) is 0 Å². The molecule has 6 aromatic heterocycles. The van der Waals surface area contributed by atoms with Gasteiger partial charge in [0.15, 0.2) is 28.4 Å². The van der Waals surface area contributed by atoms with Crippen LogP contribution in [0.3, 0.4) is 0 Å². The molecule has 72 heavy (non-hydrogen) atoms. The summed E-state index contributed by atoms with van der Waals surface area (Å²) >= 11 is 0. The lowest BCUT2D eigenvalue weighted by molar-refractivity contribution is 0.0360. The van der Waals surface area contributed by atoms with Crippen LogP contribution in [0.5, 0.6) is 12.0 Å². The molecule has 2 aromatic carbocycles.